The molecular formula is C15H25N3O2S. The summed E-state index contributed by atoms with van der Waals surface area (Å²) in [5.41, 5.74) is -0.214. The number of rotatable bonds is 8. The van der Waals surface area contributed by atoms with Crippen LogP contribution in [-0.4, -0.2) is 27.4 Å². The van der Waals surface area contributed by atoms with Gasteiger partial charge in [-0.1, -0.05) is 33.1 Å². The van der Waals surface area contributed by atoms with Gasteiger partial charge in [0, 0.05) is 18.8 Å². The SMILES string of the molecule is CCCCCCN=Cc1c(O)n(C(C)CC)c(=S)[nH]c1=O. The molecule has 1 rings (SSSR count). The van der Waals surface area contributed by atoms with Crippen molar-refractivity contribution in [3.8, 4) is 5.88 Å². The van der Waals surface area contributed by atoms with Crippen LogP contribution < -0.4 is 5.56 Å². The lowest BCUT2D eigenvalue weighted by atomic mass is 10.2. The van der Waals surface area contributed by atoms with Crippen molar-refractivity contribution in [1.29, 1.82) is 0 Å². The Labute approximate surface area is 130 Å². The van der Waals surface area contributed by atoms with Crippen molar-refractivity contribution in [1.82, 2.24) is 9.55 Å². The summed E-state index contributed by atoms with van der Waals surface area (Å²) >= 11 is 5.12. The number of aromatic hydroxyl groups is 1. The van der Waals surface area contributed by atoms with Crippen LogP contribution in [0.1, 0.15) is 64.5 Å². The monoisotopic (exact) mass is 311 g/mol. The molecule has 1 unspecified atom stereocenters. The summed E-state index contributed by atoms with van der Waals surface area (Å²) in [6, 6.07) is 0.0195. The van der Waals surface area contributed by atoms with E-state index in [1.807, 2.05) is 13.8 Å². The summed E-state index contributed by atoms with van der Waals surface area (Å²) < 4.78 is 1.81. The van der Waals surface area contributed by atoms with Crippen LogP contribution in [0.15, 0.2) is 9.79 Å². The van der Waals surface area contributed by atoms with Gasteiger partial charge in [0.2, 0.25) is 5.88 Å². The summed E-state index contributed by atoms with van der Waals surface area (Å²) in [5.74, 6) is -0.101. The predicted molar refractivity (Wildman–Crippen MR) is 89.2 cm³/mol. The molecular weight excluding hydrogens is 286 g/mol. The zero-order valence-corrected chi connectivity index (χ0v) is 13.9. The van der Waals surface area contributed by atoms with Gasteiger partial charge < -0.3 is 5.11 Å². The Morgan fingerprint density at radius 3 is 2.71 bits per heavy atom. The van der Waals surface area contributed by atoms with Crippen molar-refractivity contribution in [3.63, 3.8) is 0 Å². The Kier molecular flexibility index (Phi) is 7.36. The molecule has 1 heterocycles. The first-order valence-corrected chi connectivity index (χ1v) is 8.01. The minimum Gasteiger partial charge on any atom is -0.494 e. The Balaban J connectivity index is 2.95. The number of hydrogen-bond donors (Lipinski definition) is 2. The van der Waals surface area contributed by atoms with Gasteiger partial charge in [-0.3, -0.25) is 19.3 Å². The fourth-order valence-corrected chi connectivity index (χ4v) is 2.40. The van der Waals surface area contributed by atoms with Gasteiger partial charge in [-0.05, 0) is 32.0 Å². The summed E-state index contributed by atoms with van der Waals surface area (Å²) in [5, 5.41) is 10.3. The summed E-state index contributed by atoms with van der Waals surface area (Å²) in [7, 11) is 0. The fraction of sp³-hybridized carbons (Fsp3) is 0.667. The quantitative estimate of drug-likeness (QED) is 0.438. The van der Waals surface area contributed by atoms with Crippen LogP contribution in [0, 0.1) is 4.77 Å². The normalized spacial score (nSPS) is 12.9. The van der Waals surface area contributed by atoms with Crippen molar-refractivity contribution in [3.05, 3.63) is 20.7 Å². The number of nitrogens with one attached hydrogen (secondary N) is 1. The molecule has 0 saturated heterocycles. The van der Waals surface area contributed by atoms with Gasteiger partial charge in [0.1, 0.15) is 5.56 Å². The van der Waals surface area contributed by atoms with Gasteiger partial charge in [0.15, 0.2) is 4.77 Å². The van der Waals surface area contributed by atoms with E-state index in [1.54, 1.807) is 4.57 Å². The van der Waals surface area contributed by atoms with E-state index in [-0.39, 0.29) is 22.3 Å². The highest BCUT2D eigenvalue weighted by Gasteiger charge is 2.14. The van der Waals surface area contributed by atoms with Crippen LogP contribution in [0.25, 0.3) is 0 Å². The van der Waals surface area contributed by atoms with Crippen LogP contribution in [-0.2, 0) is 0 Å². The van der Waals surface area contributed by atoms with E-state index in [1.165, 1.54) is 19.1 Å². The number of nitrogens with zero attached hydrogens (tertiary/aromatic N) is 2. The van der Waals surface area contributed by atoms with Crippen molar-refractivity contribution >= 4 is 18.4 Å². The van der Waals surface area contributed by atoms with Crippen LogP contribution in [0.4, 0.5) is 0 Å². The zero-order chi connectivity index (χ0) is 15.8. The molecule has 0 amide bonds. The number of aromatic amines is 1. The first kappa shape index (κ1) is 17.6. The van der Waals surface area contributed by atoms with Crippen LogP contribution in [0.3, 0.4) is 0 Å². The molecule has 0 aliphatic heterocycles. The molecule has 6 heteroatoms. The van der Waals surface area contributed by atoms with Gasteiger partial charge >= 0.3 is 0 Å². The van der Waals surface area contributed by atoms with E-state index < -0.39 is 5.56 Å². The number of unbranched alkanes of at least 4 members (excludes halogenated alkanes) is 3. The lowest BCUT2D eigenvalue weighted by molar-refractivity contribution is 0.371. The van der Waals surface area contributed by atoms with Crippen LogP contribution >= 0.6 is 12.2 Å². The Morgan fingerprint density at radius 2 is 2.10 bits per heavy atom. The first-order valence-electron chi connectivity index (χ1n) is 7.60. The largest absolute Gasteiger partial charge is 0.494 e. The molecule has 0 aromatic carbocycles. The minimum atomic E-state index is -0.394. The highest BCUT2D eigenvalue weighted by atomic mass is 32.1. The van der Waals surface area contributed by atoms with Crippen LogP contribution in [0.2, 0.25) is 0 Å². The molecule has 0 fully saturated rings. The van der Waals surface area contributed by atoms with Gasteiger partial charge in [-0.2, -0.15) is 0 Å². The molecule has 0 bridgehead atoms. The summed E-state index contributed by atoms with van der Waals surface area (Å²) in [6.45, 7) is 6.76. The molecule has 118 valence electrons. The average Bonchev–Trinajstić information content (AvgIpc) is 2.44. The number of aromatic nitrogens is 2. The fourth-order valence-electron chi connectivity index (χ4n) is 2.05. The molecule has 21 heavy (non-hydrogen) atoms. The lowest BCUT2D eigenvalue weighted by Crippen LogP contribution is -2.20. The second-order valence-electron chi connectivity index (χ2n) is 5.22. The molecule has 2 N–H and O–H groups in total. The van der Waals surface area contributed by atoms with E-state index in [0.717, 1.165) is 19.3 Å². The molecule has 0 aliphatic carbocycles. The standard InChI is InChI=1S/C15H25N3O2S/c1-4-6-7-8-9-16-10-12-13(19)17-15(21)18(14(12)20)11(3)5-2/h10-11,20H,4-9H2,1-3H3,(H,17,19,21). The maximum absolute atomic E-state index is 11.9. The molecule has 0 radical (unpaired) electrons. The maximum Gasteiger partial charge on any atom is 0.264 e. The van der Waals surface area contributed by atoms with Crippen molar-refractivity contribution in [2.45, 2.75) is 58.9 Å². The van der Waals surface area contributed by atoms with Gasteiger partial charge in [0.05, 0.1) is 0 Å². The number of H-pyrrole nitrogens is 1. The second-order valence-corrected chi connectivity index (χ2v) is 5.61. The Hall–Kier alpha value is -1.43. The highest BCUT2D eigenvalue weighted by Crippen LogP contribution is 2.20. The molecule has 1 atom stereocenters. The summed E-state index contributed by atoms with van der Waals surface area (Å²) in [6.07, 6.45) is 6.76. The van der Waals surface area contributed by atoms with Gasteiger partial charge in [0.25, 0.3) is 5.56 Å². The molecule has 5 nitrogen and oxygen atoms in total. The number of hydrogen-bond acceptors (Lipinski definition) is 4. The van der Waals surface area contributed by atoms with Crippen molar-refractivity contribution in [2.75, 3.05) is 6.54 Å². The molecule has 0 saturated carbocycles. The van der Waals surface area contributed by atoms with E-state index in [2.05, 4.69) is 16.9 Å². The average molecular weight is 311 g/mol. The molecule has 0 spiro atoms. The van der Waals surface area contributed by atoms with Crippen LogP contribution in [0.5, 0.6) is 5.88 Å². The van der Waals surface area contributed by atoms with E-state index in [4.69, 9.17) is 12.2 Å². The minimum absolute atomic E-state index is 0.0195. The summed E-state index contributed by atoms with van der Waals surface area (Å²) in [4.78, 5) is 18.7. The highest BCUT2D eigenvalue weighted by molar-refractivity contribution is 7.71. The van der Waals surface area contributed by atoms with Gasteiger partial charge in [-0.15, -0.1) is 0 Å². The molecule has 1 aromatic heterocycles. The predicted octanol–water partition coefficient (Wildman–Crippen LogP) is 3.58. The second kappa shape index (κ2) is 8.77. The third kappa shape index (κ3) is 4.81. The lowest BCUT2D eigenvalue weighted by Gasteiger charge is -2.16. The van der Waals surface area contributed by atoms with E-state index in [9.17, 15) is 9.90 Å². The zero-order valence-electron chi connectivity index (χ0n) is 13.1. The number of aliphatic imine (C=N–C) groups is 1. The third-order valence-corrected chi connectivity index (χ3v) is 3.84. The molecule has 1 aromatic rings. The smallest absolute Gasteiger partial charge is 0.264 e. The van der Waals surface area contributed by atoms with Crippen molar-refractivity contribution in [2.24, 2.45) is 4.99 Å². The maximum atomic E-state index is 11.9. The van der Waals surface area contributed by atoms with E-state index >= 15 is 0 Å². The topological polar surface area (TPSA) is 70.4 Å². The first-order chi connectivity index (χ1) is 10.0. The molecule has 0 aliphatic rings. The van der Waals surface area contributed by atoms with E-state index in [0.29, 0.717) is 6.54 Å². The van der Waals surface area contributed by atoms with Gasteiger partial charge in [-0.25, -0.2) is 0 Å². The Bertz CT molecular complexity index is 590. The van der Waals surface area contributed by atoms with Crippen molar-refractivity contribution < 1.29 is 5.11 Å². The Morgan fingerprint density at radius 1 is 1.38 bits per heavy atom. The third-order valence-electron chi connectivity index (χ3n) is 3.55.